The highest BCUT2D eigenvalue weighted by atomic mass is 79.9. The van der Waals surface area contributed by atoms with Crippen molar-refractivity contribution in [2.75, 3.05) is 14.2 Å². The molecule has 0 spiro atoms. The summed E-state index contributed by atoms with van der Waals surface area (Å²) in [5.74, 6) is 0.844. The Bertz CT molecular complexity index is 569. The maximum Gasteiger partial charge on any atom is 0.246 e. The molecule has 0 unspecified atom stereocenters. The van der Waals surface area contributed by atoms with E-state index in [1.807, 2.05) is 11.4 Å². The lowest BCUT2D eigenvalue weighted by molar-refractivity contribution is -0.168. The van der Waals surface area contributed by atoms with Gasteiger partial charge in [-0.3, -0.25) is 9.63 Å². The van der Waals surface area contributed by atoms with Crippen molar-refractivity contribution in [1.82, 2.24) is 15.2 Å². The SMILES string of the molecule is CON(C)C(=O)CCc1nc(-c2cc(Br)cs2)no1. The number of halogens is 1. The Kier molecular flexibility index (Phi) is 4.67. The third-order valence-corrected chi connectivity index (χ3v) is 4.12. The third-order valence-electron chi connectivity index (χ3n) is 2.43. The van der Waals surface area contributed by atoms with Crippen LogP contribution in [0.5, 0.6) is 0 Å². The molecule has 102 valence electrons. The van der Waals surface area contributed by atoms with Crippen LogP contribution >= 0.6 is 27.3 Å². The lowest BCUT2D eigenvalue weighted by Gasteiger charge is -2.12. The molecule has 0 fully saturated rings. The van der Waals surface area contributed by atoms with Gasteiger partial charge in [0, 0.05) is 29.7 Å². The van der Waals surface area contributed by atoms with E-state index in [0.717, 1.165) is 9.35 Å². The van der Waals surface area contributed by atoms with E-state index in [2.05, 4.69) is 26.1 Å². The smallest absolute Gasteiger partial charge is 0.246 e. The zero-order chi connectivity index (χ0) is 13.8. The number of amides is 1. The fourth-order valence-electron chi connectivity index (χ4n) is 1.36. The van der Waals surface area contributed by atoms with Crippen molar-refractivity contribution < 1.29 is 14.2 Å². The van der Waals surface area contributed by atoms with Crippen LogP contribution in [0.3, 0.4) is 0 Å². The van der Waals surface area contributed by atoms with E-state index >= 15 is 0 Å². The summed E-state index contributed by atoms with van der Waals surface area (Å²) in [6.45, 7) is 0. The van der Waals surface area contributed by atoms with E-state index in [4.69, 9.17) is 9.36 Å². The standard InChI is InChI=1S/C11H12BrN3O3S/c1-15(17-2)10(16)4-3-9-13-11(14-18-9)8-5-7(12)6-19-8/h5-6H,3-4H2,1-2H3. The summed E-state index contributed by atoms with van der Waals surface area (Å²) >= 11 is 4.89. The Hall–Kier alpha value is -1.25. The topological polar surface area (TPSA) is 68.5 Å². The molecule has 2 aromatic rings. The van der Waals surface area contributed by atoms with Gasteiger partial charge in [-0.25, -0.2) is 5.06 Å². The highest BCUT2D eigenvalue weighted by molar-refractivity contribution is 9.10. The minimum Gasteiger partial charge on any atom is -0.339 e. The van der Waals surface area contributed by atoms with Crippen LogP contribution in [-0.4, -0.2) is 35.3 Å². The molecule has 6 nitrogen and oxygen atoms in total. The zero-order valence-corrected chi connectivity index (χ0v) is 12.8. The van der Waals surface area contributed by atoms with Crippen LogP contribution in [0.25, 0.3) is 10.7 Å². The van der Waals surface area contributed by atoms with Gasteiger partial charge in [0.05, 0.1) is 12.0 Å². The molecule has 0 N–H and O–H groups in total. The zero-order valence-electron chi connectivity index (χ0n) is 10.4. The molecule has 0 aliphatic carbocycles. The molecular formula is C11H12BrN3O3S. The Labute approximate surface area is 122 Å². The Morgan fingerprint density at radius 2 is 2.42 bits per heavy atom. The maximum absolute atomic E-state index is 11.5. The molecule has 0 aliphatic rings. The van der Waals surface area contributed by atoms with Crippen molar-refractivity contribution in [3.8, 4) is 10.7 Å². The van der Waals surface area contributed by atoms with E-state index in [0.29, 0.717) is 18.1 Å². The summed E-state index contributed by atoms with van der Waals surface area (Å²) in [5.41, 5.74) is 0. The number of thiophene rings is 1. The Morgan fingerprint density at radius 1 is 1.63 bits per heavy atom. The van der Waals surface area contributed by atoms with Gasteiger partial charge in [-0.1, -0.05) is 5.16 Å². The fraction of sp³-hybridized carbons (Fsp3) is 0.364. The summed E-state index contributed by atoms with van der Waals surface area (Å²) in [4.78, 5) is 21.5. The van der Waals surface area contributed by atoms with E-state index < -0.39 is 0 Å². The largest absolute Gasteiger partial charge is 0.339 e. The van der Waals surface area contributed by atoms with Crippen molar-refractivity contribution in [2.45, 2.75) is 12.8 Å². The van der Waals surface area contributed by atoms with Crippen LogP contribution in [-0.2, 0) is 16.1 Å². The predicted molar refractivity (Wildman–Crippen MR) is 73.4 cm³/mol. The number of hydroxylamine groups is 2. The van der Waals surface area contributed by atoms with Gasteiger partial charge in [0.15, 0.2) is 0 Å². The summed E-state index contributed by atoms with van der Waals surface area (Å²) in [5, 5.41) is 7.01. The molecule has 1 amide bonds. The fourth-order valence-corrected chi connectivity index (χ4v) is 2.71. The number of nitrogens with zero attached hydrogens (tertiary/aromatic N) is 3. The molecule has 0 aromatic carbocycles. The summed E-state index contributed by atoms with van der Waals surface area (Å²) < 4.78 is 6.09. The number of carbonyl (C=O) groups excluding carboxylic acids is 1. The molecule has 0 atom stereocenters. The quantitative estimate of drug-likeness (QED) is 0.778. The molecule has 2 aromatic heterocycles. The maximum atomic E-state index is 11.5. The number of aromatic nitrogens is 2. The van der Waals surface area contributed by atoms with Gasteiger partial charge in [-0.15, -0.1) is 11.3 Å². The van der Waals surface area contributed by atoms with Crippen molar-refractivity contribution in [1.29, 1.82) is 0 Å². The normalized spacial score (nSPS) is 10.7. The summed E-state index contributed by atoms with van der Waals surface area (Å²) in [6, 6.07) is 1.92. The lowest BCUT2D eigenvalue weighted by atomic mass is 10.3. The highest BCUT2D eigenvalue weighted by Gasteiger charge is 2.13. The second kappa shape index (κ2) is 6.27. The molecule has 0 aliphatic heterocycles. The molecular weight excluding hydrogens is 334 g/mol. The predicted octanol–water partition coefficient (Wildman–Crippen LogP) is 2.51. The second-order valence-corrected chi connectivity index (χ2v) is 5.54. The van der Waals surface area contributed by atoms with Gasteiger partial charge in [-0.05, 0) is 22.0 Å². The van der Waals surface area contributed by atoms with Crippen molar-refractivity contribution in [3.05, 3.63) is 21.8 Å². The Morgan fingerprint density at radius 3 is 3.05 bits per heavy atom. The number of rotatable bonds is 5. The van der Waals surface area contributed by atoms with Gasteiger partial charge in [0.25, 0.3) is 0 Å². The molecule has 2 rings (SSSR count). The molecule has 2 heterocycles. The van der Waals surface area contributed by atoms with Crippen LogP contribution < -0.4 is 0 Å². The second-order valence-electron chi connectivity index (χ2n) is 3.71. The van der Waals surface area contributed by atoms with Gasteiger partial charge in [-0.2, -0.15) is 4.98 Å². The first-order valence-electron chi connectivity index (χ1n) is 5.48. The van der Waals surface area contributed by atoms with Crippen LogP contribution in [0, 0.1) is 0 Å². The van der Waals surface area contributed by atoms with Crippen LogP contribution in [0.15, 0.2) is 20.4 Å². The lowest BCUT2D eigenvalue weighted by Crippen LogP contribution is -2.25. The summed E-state index contributed by atoms with van der Waals surface area (Å²) in [7, 11) is 3.00. The molecule has 8 heteroatoms. The van der Waals surface area contributed by atoms with E-state index in [9.17, 15) is 4.79 Å². The average molecular weight is 346 g/mol. The molecule has 0 radical (unpaired) electrons. The van der Waals surface area contributed by atoms with Crippen molar-refractivity contribution in [3.63, 3.8) is 0 Å². The molecule has 0 bridgehead atoms. The van der Waals surface area contributed by atoms with Gasteiger partial charge in [0.1, 0.15) is 0 Å². The first kappa shape index (κ1) is 14.2. The van der Waals surface area contributed by atoms with E-state index in [-0.39, 0.29) is 12.3 Å². The molecule has 0 saturated carbocycles. The first-order chi connectivity index (χ1) is 9.10. The number of aryl methyl sites for hydroxylation is 1. The highest BCUT2D eigenvalue weighted by Crippen LogP contribution is 2.27. The minimum atomic E-state index is -0.138. The van der Waals surface area contributed by atoms with E-state index in [1.165, 1.54) is 23.5 Å². The number of hydrogen-bond acceptors (Lipinski definition) is 6. The van der Waals surface area contributed by atoms with Crippen LogP contribution in [0.4, 0.5) is 0 Å². The summed E-state index contributed by atoms with van der Waals surface area (Å²) in [6.07, 6.45) is 0.659. The third kappa shape index (κ3) is 3.62. The van der Waals surface area contributed by atoms with Crippen molar-refractivity contribution in [2.24, 2.45) is 0 Å². The van der Waals surface area contributed by atoms with Gasteiger partial charge >= 0.3 is 0 Å². The van der Waals surface area contributed by atoms with Crippen LogP contribution in [0.1, 0.15) is 12.3 Å². The monoisotopic (exact) mass is 345 g/mol. The minimum absolute atomic E-state index is 0.138. The van der Waals surface area contributed by atoms with Gasteiger partial charge in [0.2, 0.25) is 17.6 Å². The average Bonchev–Trinajstić information content (AvgIpc) is 3.03. The number of hydrogen-bond donors (Lipinski definition) is 0. The number of carbonyl (C=O) groups is 1. The molecule has 0 saturated heterocycles. The van der Waals surface area contributed by atoms with Crippen molar-refractivity contribution >= 4 is 33.2 Å². The van der Waals surface area contributed by atoms with Crippen LogP contribution in [0.2, 0.25) is 0 Å². The molecule has 19 heavy (non-hydrogen) atoms. The Balaban J connectivity index is 1.96. The van der Waals surface area contributed by atoms with E-state index in [1.54, 1.807) is 7.05 Å². The van der Waals surface area contributed by atoms with Gasteiger partial charge < -0.3 is 4.52 Å². The first-order valence-corrected chi connectivity index (χ1v) is 7.15.